The molecule has 1 aromatic rings. The summed E-state index contributed by atoms with van der Waals surface area (Å²) in [5.74, 6) is -0.411. The van der Waals surface area contributed by atoms with Gasteiger partial charge < -0.3 is 10.6 Å². The summed E-state index contributed by atoms with van der Waals surface area (Å²) in [6.45, 7) is 8.07. The maximum absolute atomic E-state index is 13.5. The summed E-state index contributed by atoms with van der Waals surface area (Å²) in [7, 11) is 0. The van der Waals surface area contributed by atoms with E-state index >= 15 is 0 Å². The van der Waals surface area contributed by atoms with Crippen molar-refractivity contribution in [2.75, 3.05) is 36.8 Å². The Labute approximate surface area is 112 Å². The van der Waals surface area contributed by atoms with E-state index < -0.39 is 5.82 Å². The molecule has 0 bridgehead atoms. The Bertz CT molecular complexity index is 438. The summed E-state index contributed by atoms with van der Waals surface area (Å²) in [4.78, 5) is 4.53. The van der Waals surface area contributed by atoms with Crippen molar-refractivity contribution in [3.63, 3.8) is 0 Å². The molecule has 0 radical (unpaired) electrons. The molecule has 1 aliphatic rings. The first-order valence-corrected chi connectivity index (χ1v) is 6.64. The number of nitrogens with two attached hydrogens (primary N) is 1. The molecule has 1 saturated heterocycles. The summed E-state index contributed by atoms with van der Waals surface area (Å²) in [5, 5.41) is 0.0801. The number of hydrogen-bond donors (Lipinski definition) is 1. The van der Waals surface area contributed by atoms with Gasteiger partial charge in [0.05, 0.1) is 16.4 Å². The van der Waals surface area contributed by atoms with Gasteiger partial charge in [0.15, 0.2) is 0 Å². The van der Waals surface area contributed by atoms with Gasteiger partial charge in [0.25, 0.3) is 0 Å². The molecule has 100 valence electrons. The standard InChI is InChI=1S/C13H19ClFN3/c1-3-17-4-5-18(8-9(17)2)13-7-11(15)10(14)6-12(13)16/h6-7,9H,3-5,8,16H2,1-2H3. The number of hydrogen-bond acceptors (Lipinski definition) is 3. The second-order valence-corrected chi connectivity index (χ2v) is 5.16. The smallest absolute Gasteiger partial charge is 0.144 e. The number of nitrogens with zero attached hydrogens (tertiary/aromatic N) is 2. The van der Waals surface area contributed by atoms with E-state index in [1.54, 1.807) is 0 Å². The van der Waals surface area contributed by atoms with Crippen LogP contribution in [0.5, 0.6) is 0 Å². The first-order valence-electron chi connectivity index (χ1n) is 6.26. The van der Waals surface area contributed by atoms with Crippen LogP contribution >= 0.6 is 11.6 Å². The first kappa shape index (κ1) is 13.4. The van der Waals surface area contributed by atoms with Crippen molar-refractivity contribution in [1.29, 1.82) is 0 Å². The minimum atomic E-state index is -0.411. The minimum Gasteiger partial charge on any atom is -0.397 e. The Hall–Kier alpha value is -1.00. The minimum absolute atomic E-state index is 0.0801. The number of likely N-dealkylation sites (N-methyl/N-ethyl adjacent to an activating group) is 1. The average Bonchev–Trinajstić information content (AvgIpc) is 2.33. The van der Waals surface area contributed by atoms with Gasteiger partial charge in [0.2, 0.25) is 0 Å². The maximum Gasteiger partial charge on any atom is 0.144 e. The molecule has 0 spiro atoms. The number of piperazine rings is 1. The Morgan fingerprint density at radius 1 is 1.44 bits per heavy atom. The van der Waals surface area contributed by atoms with E-state index in [2.05, 4.69) is 23.6 Å². The normalized spacial score (nSPS) is 21.3. The molecule has 0 saturated carbocycles. The van der Waals surface area contributed by atoms with E-state index in [1.165, 1.54) is 12.1 Å². The van der Waals surface area contributed by atoms with E-state index in [4.69, 9.17) is 17.3 Å². The molecule has 1 heterocycles. The van der Waals surface area contributed by atoms with Crippen LogP contribution in [0, 0.1) is 5.82 Å². The van der Waals surface area contributed by atoms with Gasteiger partial charge in [0, 0.05) is 31.7 Å². The van der Waals surface area contributed by atoms with Crippen molar-refractivity contribution in [3.8, 4) is 0 Å². The molecular weight excluding hydrogens is 253 g/mol. The van der Waals surface area contributed by atoms with E-state index in [1.807, 2.05) is 0 Å². The topological polar surface area (TPSA) is 32.5 Å². The van der Waals surface area contributed by atoms with Crippen LogP contribution in [-0.2, 0) is 0 Å². The number of halogens is 2. The highest BCUT2D eigenvalue weighted by Crippen LogP contribution is 2.30. The van der Waals surface area contributed by atoms with Crippen LogP contribution in [0.15, 0.2) is 12.1 Å². The zero-order chi connectivity index (χ0) is 13.3. The zero-order valence-corrected chi connectivity index (χ0v) is 11.5. The number of nitrogen functional groups attached to an aromatic ring is 1. The molecular formula is C13H19ClFN3. The Morgan fingerprint density at radius 2 is 2.17 bits per heavy atom. The van der Waals surface area contributed by atoms with Crippen molar-refractivity contribution in [2.45, 2.75) is 19.9 Å². The van der Waals surface area contributed by atoms with Crippen molar-refractivity contribution in [3.05, 3.63) is 23.0 Å². The highest BCUT2D eigenvalue weighted by Gasteiger charge is 2.24. The lowest BCUT2D eigenvalue weighted by atomic mass is 10.1. The van der Waals surface area contributed by atoms with Gasteiger partial charge in [-0.1, -0.05) is 18.5 Å². The number of rotatable bonds is 2. The molecule has 1 unspecified atom stereocenters. The van der Waals surface area contributed by atoms with E-state index in [9.17, 15) is 4.39 Å². The molecule has 0 amide bonds. The summed E-state index contributed by atoms with van der Waals surface area (Å²) < 4.78 is 13.5. The molecule has 3 nitrogen and oxygen atoms in total. The fourth-order valence-corrected chi connectivity index (χ4v) is 2.68. The molecule has 2 rings (SSSR count). The van der Waals surface area contributed by atoms with Gasteiger partial charge in [-0.25, -0.2) is 4.39 Å². The molecule has 0 aromatic heterocycles. The van der Waals surface area contributed by atoms with Crippen molar-refractivity contribution in [1.82, 2.24) is 4.90 Å². The van der Waals surface area contributed by atoms with Crippen molar-refractivity contribution >= 4 is 23.0 Å². The summed E-state index contributed by atoms with van der Waals surface area (Å²) in [6, 6.07) is 3.37. The van der Waals surface area contributed by atoms with Crippen LogP contribution in [0.25, 0.3) is 0 Å². The van der Waals surface area contributed by atoms with Crippen LogP contribution in [0.3, 0.4) is 0 Å². The van der Waals surface area contributed by atoms with Crippen LogP contribution in [0.4, 0.5) is 15.8 Å². The monoisotopic (exact) mass is 271 g/mol. The van der Waals surface area contributed by atoms with Gasteiger partial charge in [-0.2, -0.15) is 0 Å². The lowest BCUT2D eigenvalue weighted by Gasteiger charge is -2.40. The largest absolute Gasteiger partial charge is 0.397 e. The van der Waals surface area contributed by atoms with E-state index in [-0.39, 0.29) is 5.02 Å². The third-order valence-corrected chi connectivity index (χ3v) is 3.87. The van der Waals surface area contributed by atoms with E-state index in [0.717, 1.165) is 31.9 Å². The van der Waals surface area contributed by atoms with Crippen molar-refractivity contribution < 1.29 is 4.39 Å². The second kappa shape index (κ2) is 5.33. The van der Waals surface area contributed by atoms with Crippen LogP contribution in [-0.4, -0.2) is 37.1 Å². The summed E-state index contributed by atoms with van der Waals surface area (Å²) >= 11 is 5.72. The molecule has 1 fully saturated rings. The molecule has 18 heavy (non-hydrogen) atoms. The average molecular weight is 272 g/mol. The number of benzene rings is 1. The number of anilines is 2. The maximum atomic E-state index is 13.5. The zero-order valence-electron chi connectivity index (χ0n) is 10.8. The second-order valence-electron chi connectivity index (χ2n) is 4.75. The van der Waals surface area contributed by atoms with Crippen LogP contribution in [0.1, 0.15) is 13.8 Å². The van der Waals surface area contributed by atoms with Gasteiger partial charge >= 0.3 is 0 Å². The summed E-state index contributed by atoms with van der Waals surface area (Å²) in [5.41, 5.74) is 7.22. The molecule has 0 aliphatic carbocycles. The Balaban J connectivity index is 2.20. The third-order valence-electron chi connectivity index (χ3n) is 3.58. The lowest BCUT2D eigenvalue weighted by molar-refractivity contribution is 0.199. The lowest BCUT2D eigenvalue weighted by Crippen LogP contribution is -2.51. The predicted molar refractivity (Wildman–Crippen MR) is 74.7 cm³/mol. The van der Waals surface area contributed by atoms with Crippen LogP contribution < -0.4 is 10.6 Å². The highest BCUT2D eigenvalue weighted by atomic mass is 35.5. The molecule has 1 atom stereocenters. The predicted octanol–water partition coefficient (Wildman–Crippen LogP) is 2.59. The summed E-state index contributed by atoms with van der Waals surface area (Å²) in [6.07, 6.45) is 0. The third kappa shape index (κ3) is 2.54. The van der Waals surface area contributed by atoms with Gasteiger partial charge in [-0.05, 0) is 19.5 Å². The Kier molecular flexibility index (Phi) is 3.97. The SMILES string of the molecule is CCN1CCN(c2cc(F)c(Cl)cc2N)CC1C. The molecule has 2 N–H and O–H groups in total. The first-order chi connectivity index (χ1) is 8.52. The van der Waals surface area contributed by atoms with Crippen LogP contribution in [0.2, 0.25) is 5.02 Å². The molecule has 1 aromatic carbocycles. The Morgan fingerprint density at radius 3 is 2.78 bits per heavy atom. The molecule has 1 aliphatic heterocycles. The van der Waals surface area contributed by atoms with Gasteiger partial charge in [-0.3, -0.25) is 4.90 Å². The van der Waals surface area contributed by atoms with Gasteiger partial charge in [0.1, 0.15) is 5.82 Å². The van der Waals surface area contributed by atoms with Gasteiger partial charge in [-0.15, -0.1) is 0 Å². The highest BCUT2D eigenvalue weighted by molar-refractivity contribution is 6.31. The molecule has 5 heteroatoms. The fourth-order valence-electron chi connectivity index (χ4n) is 2.51. The fraction of sp³-hybridized carbons (Fsp3) is 0.538. The van der Waals surface area contributed by atoms with Crippen molar-refractivity contribution in [2.24, 2.45) is 0 Å². The quantitative estimate of drug-likeness (QED) is 0.840. The van der Waals surface area contributed by atoms with E-state index in [0.29, 0.717) is 11.7 Å².